The molecule has 1 aromatic rings. The van der Waals surface area contributed by atoms with Crippen LogP contribution in [0.2, 0.25) is 0 Å². The number of nitrogens with zero attached hydrogens (tertiary/aromatic N) is 1. The summed E-state index contributed by atoms with van der Waals surface area (Å²) in [5.74, 6) is 1.98. The van der Waals surface area contributed by atoms with Gasteiger partial charge in [-0.15, -0.1) is 6.58 Å². The molecule has 6 aliphatic rings. The van der Waals surface area contributed by atoms with Crippen LogP contribution >= 0.6 is 0 Å². The molecule has 0 unspecified atom stereocenters. The summed E-state index contributed by atoms with van der Waals surface area (Å²) in [4.78, 5) is 29.7. The summed E-state index contributed by atoms with van der Waals surface area (Å²) >= 11 is 0. The van der Waals surface area contributed by atoms with E-state index >= 15 is 0 Å². The minimum atomic E-state index is -1.09. The second kappa shape index (κ2) is 12.9. The number of allylic oxidation sites excluding steroid dienone is 1. The molecule has 44 heavy (non-hydrogen) atoms. The lowest BCUT2D eigenvalue weighted by Crippen LogP contribution is -2.59. The van der Waals surface area contributed by atoms with E-state index in [1.807, 2.05) is 11.0 Å². The van der Waals surface area contributed by atoms with Crippen molar-refractivity contribution in [3.8, 4) is 11.5 Å². The van der Waals surface area contributed by atoms with Crippen LogP contribution in [-0.2, 0) is 16.2 Å². The molecular formula is C35H48N2O7. The summed E-state index contributed by atoms with van der Waals surface area (Å²) < 4.78 is 12.0. The maximum Gasteiger partial charge on any atom is 0.247 e. The molecule has 0 radical (unpaired) electrons. The van der Waals surface area contributed by atoms with Gasteiger partial charge in [0.15, 0.2) is 11.5 Å². The van der Waals surface area contributed by atoms with Crippen LogP contribution in [0.5, 0.6) is 11.5 Å². The van der Waals surface area contributed by atoms with Gasteiger partial charge in [0, 0.05) is 30.6 Å². The van der Waals surface area contributed by atoms with E-state index in [1.54, 1.807) is 18.2 Å². The molecule has 9 heteroatoms. The Morgan fingerprint density at radius 1 is 1.14 bits per heavy atom. The van der Waals surface area contributed by atoms with Crippen molar-refractivity contribution in [1.82, 2.24) is 10.2 Å². The van der Waals surface area contributed by atoms with Gasteiger partial charge in [-0.2, -0.15) is 0 Å². The highest BCUT2D eigenvalue weighted by atomic mass is 16.5. The Balaban J connectivity index is 1.38. The Labute approximate surface area is 260 Å². The van der Waals surface area contributed by atoms with Gasteiger partial charge in [-0.1, -0.05) is 6.08 Å². The molecular weight excluding hydrogens is 560 g/mol. The zero-order valence-electron chi connectivity index (χ0n) is 25.9. The molecule has 9 nitrogen and oxygen atoms in total. The van der Waals surface area contributed by atoms with Crippen molar-refractivity contribution in [3.05, 3.63) is 47.6 Å². The first-order valence-corrected chi connectivity index (χ1v) is 16.5. The van der Waals surface area contributed by atoms with E-state index in [0.29, 0.717) is 58.9 Å². The first-order valence-electron chi connectivity index (χ1n) is 16.5. The van der Waals surface area contributed by atoms with Crippen LogP contribution in [-0.4, -0.2) is 77.1 Å². The lowest BCUT2D eigenvalue weighted by molar-refractivity contribution is -0.145. The Hall–Kier alpha value is -2.88. The van der Waals surface area contributed by atoms with Crippen molar-refractivity contribution < 1.29 is 34.4 Å². The first-order chi connectivity index (χ1) is 21.3. The maximum absolute atomic E-state index is 14.2. The van der Waals surface area contributed by atoms with E-state index < -0.39 is 24.2 Å². The van der Waals surface area contributed by atoms with E-state index in [2.05, 4.69) is 11.9 Å². The van der Waals surface area contributed by atoms with Crippen molar-refractivity contribution in [2.45, 2.75) is 95.0 Å². The number of aliphatic hydroxyl groups excluding tert-OH is 3. The van der Waals surface area contributed by atoms with E-state index in [-0.39, 0.29) is 37.0 Å². The average molecular weight is 609 g/mol. The minimum absolute atomic E-state index is 0.00525. The van der Waals surface area contributed by atoms with E-state index in [0.717, 1.165) is 38.5 Å². The smallest absolute Gasteiger partial charge is 0.247 e. The zero-order valence-corrected chi connectivity index (χ0v) is 25.9. The van der Waals surface area contributed by atoms with Gasteiger partial charge in [-0.3, -0.25) is 9.59 Å². The fourth-order valence-corrected chi connectivity index (χ4v) is 9.53. The van der Waals surface area contributed by atoms with Crippen molar-refractivity contribution in [2.24, 2.45) is 23.2 Å². The second-order valence-electron chi connectivity index (χ2n) is 14.0. The van der Waals surface area contributed by atoms with Crippen molar-refractivity contribution in [2.75, 3.05) is 26.8 Å². The predicted octanol–water partition coefficient (Wildman–Crippen LogP) is 3.60. The molecule has 1 heterocycles. The van der Waals surface area contributed by atoms with Gasteiger partial charge in [0.2, 0.25) is 11.8 Å². The Kier molecular flexibility index (Phi) is 9.09. The van der Waals surface area contributed by atoms with E-state index in [9.17, 15) is 24.9 Å². The molecule has 4 saturated carbocycles. The molecule has 240 valence electrons. The zero-order chi connectivity index (χ0) is 31.0. The molecule has 5 aliphatic carbocycles. The third kappa shape index (κ3) is 5.79. The molecule has 2 amide bonds. The third-order valence-electron chi connectivity index (χ3n) is 10.9. The SMILES string of the molecule is C=CCCCCC(=O)N(CC12CC3CC(CC(C3)C1)C2)[C@@H]1C=C(C(=O)NCCO)[C@@H]2c3cc(CO)cc(OC)c3O[C@@H]2[C@H]1O. The van der Waals surface area contributed by atoms with Gasteiger partial charge in [-0.05, 0) is 105 Å². The van der Waals surface area contributed by atoms with Gasteiger partial charge in [-0.25, -0.2) is 0 Å². The fourth-order valence-electron chi connectivity index (χ4n) is 9.53. The molecule has 0 aromatic heterocycles. The summed E-state index contributed by atoms with van der Waals surface area (Å²) in [7, 11) is 1.52. The molecule has 4 fully saturated rings. The van der Waals surface area contributed by atoms with Crippen molar-refractivity contribution >= 4 is 11.8 Å². The Bertz CT molecular complexity index is 1260. The fraction of sp³-hybridized carbons (Fsp3) is 0.657. The maximum atomic E-state index is 14.2. The second-order valence-corrected chi connectivity index (χ2v) is 14.0. The third-order valence-corrected chi connectivity index (χ3v) is 10.9. The number of amides is 2. The molecule has 7 rings (SSSR count). The number of carbonyl (C=O) groups excluding carboxylic acids is 2. The quantitative estimate of drug-likeness (QED) is 0.199. The number of carbonyl (C=O) groups is 2. The van der Waals surface area contributed by atoms with Crippen LogP contribution in [0.15, 0.2) is 36.4 Å². The summed E-state index contributed by atoms with van der Waals surface area (Å²) in [5, 5.41) is 34.3. The lowest BCUT2D eigenvalue weighted by atomic mass is 9.49. The van der Waals surface area contributed by atoms with Crippen LogP contribution in [0, 0.1) is 23.2 Å². The average Bonchev–Trinajstić information content (AvgIpc) is 3.40. The number of hydrogen-bond acceptors (Lipinski definition) is 7. The molecule has 1 aromatic carbocycles. The van der Waals surface area contributed by atoms with Gasteiger partial charge in [0.25, 0.3) is 0 Å². The number of ether oxygens (including phenoxy) is 2. The minimum Gasteiger partial charge on any atom is -0.493 e. The monoisotopic (exact) mass is 608 g/mol. The number of fused-ring (bicyclic) bond motifs is 3. The summed E-state index contributed by atoms with van der Waals surface area (Å²) in [6, 6.07) is 2.74. The summed E-state index contributed by atoms with van der Waals surface area (Å²) in [6.07, 6.45) is 11.8. The van der Waals surface area contributed by atoms with Crippen molar-refractivity contribution in [1.29, 1.82) is 0 Å². The summed E-state index contributed by atoms with van der Waals surface area (Å²) in [5.41, 5.74) is 1.69. The number of methoxy groups -OCH3 is 1. The van der Waals surface area contributed by atoms with E-state index in [4.69, 9.17) is 9.47 Å². The highest BCUT2D eigenvalue weighted by Crippen LogP contribution is 2.60. The van der Waals surface area contributed by atoms with E-state index in [1.165, 1.54) is 26.4 Å². The van der Waals surface area contributed by atoms with Gasteiger partial charge >= 0.3 is 0 Å². The molecule has 1 aliphatic heterocycles. The lowest BCUT2D eigenvalue weighted by Gasteiger charge is -2.58. The number of benzene rings is 1. The number of aliphatic hydroxyl groups is 3. The normalized spacial score (nSPS) is 32.7. The molecule has 4 bridgehead atoms. The van der Waals surface area contributed by atoms with Gasteiger partial charge in [0.05, 0.1) is 32.3 Å². The molecule has 0 saturated heterocycles. The number of nitrogens with one attached hydrogen (secondary N) is 1. The number of hydrogen-bond donors (Lipinski definition) is 4. The highest BCUT2D eigenvalue weighted by molar-refractivity contribution is 5.96. The first kappa shape index (κ1) is 31.1. The standard InChI is InChI=1S/C35H48N2O7/c1-3-4-5-6-7-29(40)37(20-35-16-21-10-22(17-35)12-23(11-21)18-35)27-15-26(34(42)36-8-9-38)30-25-13-24(19-39)14-28(43-2)32(25)44-33(30)31(27)41/h3,13-15,21-23,27,30-31,33,38-39,41H,1,4-12,16-20H2,2H3,(H,36,42)/t21?,22?,23?,27-,30+,31+,33+,35?/m1/s1. The van der Waals surface area contributed by atoms with Crippen LogP contribution in [0.4, 0.5) is 0 Å². The number of unbranched alkanes of at least 4 members (excludes halogenated alkanes) is 2. The van der Waals surface area contributed by atoms with Crippen LogP contribution in [0.3, 0.4) is 0 Å². The Morgan fingerprint density at radius 3 is 2.45 bits per heavy atom. The van der Waals surface area contributed by atoms with Crippen LogP contribution in [0.25, 0.3) is 0 Å². The van der Waals surface area contributed by atoms with Gasteiger partial charge in [0.1, 0.15) is 12.2 Å². The molecule has 0 spiro atoms. The number of rotatable bonds is 13. The summed E-state index contributed by atoms with van der Waals surface area (Å²) in [6.45, 7) is 4.02. The Morgan fingerprint density at radius 2 is 1.84 bits per heavy atom. The molecule has 4 N–H and O–H groups in total. The largest absolute Gasteiger partial charge is 0.493 e. The van der Waals surface area contributed by atoms with Gasteiger partial charge < -0.3 is 35.0 Å². The van der Waals surface area contributed by atoms with Crippen molar-refractivity contribution in [3.63, 3.8) is 0 Å². The predicted molar refractivity (Wildman–Crippen MR) is 165 cm³/mol. The van der Waals surface area contributed by atoms with Crippen LogP contribution in [0.1, 0.15) is 81.3 Å². The topological polar surface area (TPSA) is 129 Å². The highest BCUT2D eigenvalue weighted by Gasteiger charge is 2.55. The van der Waals surface area contributed by atoms with Crippen LogP contribution < -0.4 is 14.8 Å². The molecule has 4 atom stereocenters.